The molecule has 1 saturated carbocycles. The van der Waals surface area contributed by atoms with E-state index in [1.165, 1.54) is 45.3 Å². The minimum Gasteiger partial charge on any atom is -0.484 e. The Morgan fingerprint density at radius 3 is 2.19 bits per heavy atom. The Balaban J connectivity index is 0.927. The Morgan fingerprint density at radius 1 is 0.736 bits per heavy atom. The maximum absolute atomic E-state index is 15.2. The fraction of sp³-hybridized carbons (Fsp3) is 0.383. The molecule has 1 aromatic carbocycles. The minimum atomic E-state index is -1.19. The molecule has 0 spiro atoms. The predicted molar refractivity (Wildman–Crippen MR) is 341 cm³/mol. The molecule has 3 aliphatic rings. The molecule has 474 valence electrons. The maximum atomic E-state index is 15.2. The first-order valence-electron chi connectivity index (χ1n) is 29.0. The summed E-state index contributed by atoms with van der Waals surface area (Å²) in [5.74, 6) is -4.94. The molecule has 91 heavy (non-hydrogen) atoms. The number of amides is 6. The Kier molecular flexibility index (Phi) is 20.2. The first-order valence-corrected chi connectivity index (χ1v) is 34.3. The number of hydrogen-bond acceptors (Lipinski definition) is 24. The number of nitrogens with zero attached hydrogens (tertiary/aromatic N) is 8. The Morgan fingerprint density at radius 2 is 1.43 bits per heavy atom. The second kappa shape index (κ2) is 28.6. The van der Waals surface area contributed by atoms with Crippen molar-refractivity contribution in [2.24, 2.45) is 17.6 Å². The highest BCUT2D eigenvalue weighted by atomic mass is 32.1. The summed E-state index contributed by atoms with van der Waals surface area (Å²) in [6.45, 7) is 4.17. The molecule has 6 amide bonds. The van der Waals surface area contributed by atoms with Crippen LogP contribution in [-0.2, 0) is 36.8 Å². The SMILES string of the molecule is COCCCNC(=O)COc1ccc(C[C@@H]2NC(=O)c3csc(n3)CCC(=O)c3nc(sc3C)[C@H](CC(N)=O)NC(=O)c3csc(n3)-c3ccc(-c4nc(C(=O)NC5CCC(C(=O)O)CC5)cs4)nc3-c3csc(n3)-c3csc(n3)[C@@H]3[C@@H](C)[C@@H](O)CN3C2=O)cc1. The van der Waals surface area contributed by atoms with E-state index >= 15 is 4.79 Å². The maximum Gasteiger partial charge on any atom is 0.306 e. The first kappa shape index (κ1) is 64.4. The second-order valence-corrected chi connectivity index (χ2v) is 27.7. The second-order valence-electron chi connectivity index (χ2n) is 22.1. The number of ketones is 1. The fourth-order valence-electron chi connectivity index (χ4n) is 10.8. The van der Waals surface area contributed by atoms with Crippen LogP contribution in [0.5, 0.6) is 5.75 Å². The summed E-state index contributed by atoms with van der Waals surface area (Å²) >= 11 is 7.23. The molecule has 9 heterocycles. The summed E-state index contributed by atoms with van der Waals surface area (Å²) in [6, 6.07) is 7.14. The largest absolute Gasteiger partial charge is 0.484 e. The van der Waals surface area contributed by atoms with Crippen LogP contribution in [0.25, 0.3) is 43.4 Å². The smallest absolute Gasteiger partial charge is 0.306 e. The molecule has 7 aromatic heterocycles. The van der Waals surface area contributed by atoms with E-state index < -0.39 is 71.6 Å². The van der Waals surface area contributed by atoms with E-state index in [1.54, 1.807) is 76.9 Å². The average Bonchev–Trinajstić information content (AvgIpc) is 1.67. The number of Topliss-reactive ketones (excluding diaryl/α,β-unsaturated/α-hetero) is 1. The van der Waals surface area contributed by atoms with Crippen molar-refractivity contribution >= 4 is 115 Å². The van der Waals surface area contributed by atoms with Gasteiger partial charge in [-0.1, -0.05) is 19.1 Å². The van der Waals surface area contributed by atoms with Gasteiger partial charge in [-0.2, -0.15) is 0 Å². The number of aliphatic hydroxyl groups is 1. The zero-order valence-electron chi connectivity index (χ0n) is 49.2. The van der Waals surface area contributed by atoms with E-state index in [1.807, 2.05) is 12.3 Å². The molecule has 0 radical (unpaired) electrons. The number of aliphatic carboxylic acids is 1. The van der Waals surface area contributed by atoms with Crippen LogP contribution in [0.3, 0.4) is 0 Å². The monoisotopic (exact) mass is 1350 g/mol. The molecule has 0 unspecified atom stereocenters. The number of aliphatic hydroxyl groups excluding tert-OH is 1. The molecular formula is C60H61N13O12S6. The van der Waals surface area contributed by atoms with E-state index in [4.69, 9.17) is 35.1 Å². The van der Waals surface area contributed by atoms with E-state index in [0.29, 0.717) is 115 Å². The van der Waals surface area contributed by atoms with Crippen LogP contribution >= 0.6 is 68.0 Å². The summed E-state index contributed by atoms with van der Waals surface area (Å²) in [5, 5.41) is 43.5. The number of fused-ring (bicyclic) bond motifs is 16. The number of benzene rings is 1. The third-order valence-electron chi connectivity index (χ3n) is 15.7. The molecule has 5 atom stereocenters. The Labute approximate surface area is 544 Å². The molecule has 1 saturated heterocycles. The van der Waals surface area contributed by atoms with E-state index in [9.17, 15) is 43.8 Å². The number of carboxylic acids is 1. The van der Waals surface area contributed by atoms with Gasteiger partial charge in [-0.05, 0) is 68.9 Å². The highest BCUT2D eigenvalue weighted by molar-refractivity contribution is 7.15. The molecule has 1 aliphatic carbocycles. The lowest BCUT2D eigenvalue weighted by Crippen LogP contribution is -2.50. The highest BCUT2D eigenvalue weighted by Gasteiger charge is 2.45. The van der Waals surface area contributed by atoms with Crippen molar-refractivity contribution in [3.63, 3.8) is 0 Å². The van der Waals surface area contributed by atoms with Crippen molar-refractivity contribution in [1.29, 1.82) is 0 Å². The number of pyridine rings is 1. The Bertz CT molecular complexity index is 4040. The Hall–Kier alpha value is -8.17. The van der Waals surface area contributed by atoms with Gasteiger partial charge >= 0.3 is 5.97 Å². The lowest BCUT2D eigenvalue weighted by Gasteiger charge is -2.29. The van der Waals surface area contributed by atoms with Gasteiger partial charge in [0.2, 0.25) is 11.8 Å². The van der Waals surface area contributed by atoms with Crippen molar-refractivity contribution in [3.8, 4) is 49.1 Å². The summed E-state index contributed by atoms with van der Waals surface area (Å²) in [5.41, 5.74) is 8.81. The number of rotatable bonds is 15. The fourth-order valence-corrected chi connectivity index (χ4v) is 16.1. The van der Waals surface area contributed by atoms with Gasteiger partial charge < -0.3 is 51.6 Å². The lowest BCUT2D eigenvalue weighted by molar-refractivity contribution is -0.143. The number of nitrogens with one attached hydrogen (secondary N) is 4. The zero-order chi connectivity index (χ0) is 64.0. The van der Waals surface area contributed by atoms with Crippen molar-refractivity contribution in [1.82, 2.24) is 61.1 Å². The van der Waals surface area contributed by atoms with Gasteiger partial charge in [-0.15, -0.1) is 68.0 Å². The third-order valence-corrected chi connectivity index (χ3v) is 21.2. The lowest BCUT2D eigenvalue weighted by atomic mass is 9.86. The summed E-state index contributed by atoms with van der Waals surface area (Å²) in [4.78, 5) is 144. The van der Waals surface area contributed by atoms with Crippen LogP contribution in [0, 0.1) is 18.8 Å². The van der Waals surface area contributed by atoms with Gasteiger partial charge in [0.25, 0.3) is 23.6 Å². The zero-order valence-corrected chi connectivity index (χ0v) is 54.1. The molecule has 31 heteroatoms. The molecule has 8 aromatic rings. The van der Waals surface area contributed by atoms with Crippen LogP contribution in [0.4, 0.5) is 0 Å². The number of primary amides is 1. The number of methoxy groups -OCH3 is 1. The average molecular weight is 1350 g/mol. The number of hydrogen-bond donors (Lipinski definition) is 7. The molecule has 2 aliphatic heterocycles. The highest BCUT2D eigenvalue weighted by Crippen LogP contribution is 2.43. The number of aryl methyl sites for hydroxylation is 2. The predicted octanol–water partition coefficient (Wildman–Crippen LogP) is 7.10. The van der Waals surface area contributed by atoms with Gasteiger partial charge in [-0.25, -0.2) is 34.9 Å². The number of thiazole rings is 6. The van der Waals surface area contributed by atoms with Crippen LogP contribution in [0.1, 0.15) is 131 Å². The first-order chi connectivity index (χ1) is 43.8. The van der Waals surface area contributed by atoms with E-state index in [2.05, 4.69) is 36.2 Å². The van der Waals surface area contributed by atoms with Crippen molar-refractivity contribution in [2.45, 2.75) is 102 Å². The van der Waals surface area contributed by atoms with Crippen LogP contribution in [0.15, 0.2) is 63.3 Å². The van der Waals surface area contributed by atoms with E-state index in [0.717, 1.165) is 22.7 Å². The topological polar surface area (TPSA) is 363 Å². The van der Waals surface area contributed by atoms with Gasteiger partial charge in [0, 0.05) is 95.4 Å². The van der Waals surface area contributed by atoms with Gasteiger partial charge in [-0.3, -0.25) is 38.4 Å². The molecule has 10 bridgehead atoms. The summed E-state index contributed by atoms with van der Waals surface area (Å²) in [7, 11) is 1.58. The third kappa shape index (κ3) is 15.1. The number of nitrogens with two attached hydrogens (primary N) is 1. The summed E-state index contributed by atoms with van der Waals surface area (Å²) in [6.07, 6.45) is 1.41. The van der Waals surface area contributed by atoms with Crippen molar-refractivity contribution in [3.05, 3.63) is 112 Å². The number of carboxylic acid groups (broad SMARTS) is 1. The van der Waals surface area contributed by atoms with Gasteiger partial charge in [0.05, 0.1) is 41.2 Å². The number of aromatic nitrogens is 7. The molecule has 8 N–H and O–H groups in total. The van der Waals surface area contributed by atoms with Crippen LogP contribution in [0.2, 0.25) is 0 Å². The molecule has 11 rings (SSSR count). The van der Waals surface area contributed by atoms with Crippen molar-refractivity contribution < 1.29 is 58.0 Å². The molecule has 2 fully saturated rings. The van der Waals surface area contributed by atoms with E-state index in [-0.39, 0.29) is 84.4 Å². The number of ether oxygens (including phenoxy) is 2. The minimum absolute atomic E-state index is 0.00485. The normalized spacial score (nSPS) is 20.5. The van der Waals surface area contributed by atoms with Crippen LogP contribution < -0.4 is 31.7 Å². The quantitative estimate of drug-likeness (QED) is 0.0503. The van der Waals surface area contributed by atoms with Crippen molar-refractivity contribution in [2.75, 3.05) is 33.4 Å². The van der Waals surface area contributed by atoms with Gasteiger partial charge in [0.15, 0.2) is 12.4 Å². The van der Waals surface area contributed by atoms with Gasteiger partial charge in [0.1, 0.15) is 76.7 Å². The van der Waals surface area contributed by atoms with Crippen LogP contribution in [-0.4, -0.2) is 149 Å². The number of carbonyl (C=O) groups is 8. The summed E-state index contributed by atoms with van der Waals surface area (Å²) < 4.78 is 10.8. The number of carbonyl (C=O) groups excluding carboxylic acids is 7. The molecule has 25 nitrogen and oxygen atoms in total. The molecular weight excluding hydrogens is 1290 g/mol. The standard InChI is InChI=1S/C60H61N13O12S6/c1-28-44(75)21-73-50(28)58-71-42(27-90-58)56-68-38(23-88-56)49-34(13-14-35(65-49)55-70-40(26-89-55)51(78)63-32-9-7-31(8-10-32)60(82)83)54-69-41(25-87-54)53(80)66-36(20-45(61)76)57-72-48(29(2)91-57)43(74)15-16-47-64-39(24-86-47)52(79)67-37(59(73)81)19-30-5-11-33(12-6-30)85-22-46(77)62-17-4-18-84-3/h5-6,11-14,23-28,31-32,36-37,44,50,75H,4,7-10,15-22H2,1-3H3,(H2,61,76)(H,62,77)(H,63,78)(H,66,80)(H,67,79)(H,82,83)/t28-,31?,32?,36-,37-,44-,50-/m0/s1.